The van der Waals surface area contributed by atoms with Gasteiger partial charge in [-0.1, -0.05) is 30.4 Å². The van der Waals surface area contributed by atoms with E-state index < -0.39 is 7.12 Å². The number of allylic oxidation sites excluding steroid dienone is 3. The number of benzene rings is 1. The van der Waals surface area contributed by atoms with Crippen LogP contribution in [0.2, 0.25) is 0 Å². The van der Waals surface area contributed by atoms with Crippen molar-refractivity contribution in [2.24, 2.45) is 0 Å². The minimum Gasteiger partial charge on any atom is -0.423 e. The molecule has 0 saturated carbocycles. The lowest BCUT2D eigenvalue weighted by Gasteiger charge is -2.29. The first-order valence-corrected chi connectivity index (χ1v) is 6.49. The zero-order valence-electron chi connectivity index (χ0n) is 9.55. The van der Waals surface area contributed by atoms with Crippen LogP contribution in [-0.2, 0) is 0 Å². The van der Waals surface area contributed by atoms with Crippen LogP contribution in [0.3, 0.4) is 0 Å². The van der Waals surface area contributed by atoms with E-state index in [0.29, 0.717) is 5.47 Å². The Hall–Kier alpha value is -0.965. The predicted octanol–water partition coefficient (Wildman–Crippen LogP) is 2.28. The van der Waals surface area contributed by atoms with Crippen LogP contribution in [0.5, 0.6) is 0 Å². The Kier molecular flexibility index (Phi) is 2.47. The first-order chi connectivity index (χ1) is 8.12. The monoisotopic (exact) mass is 244 g/mol. The summed E-state index contributed by atoms with van der Waals surface area (Å²) in [4.78, 5) is 1.23. The third-order valence-electron chi connectivity index (χ3n) is 3.39. The Labute approximate surface area is 105 Å². The van der Waals surface area contributed by atoms with Crippen molar-refractivity contribution in [1.82, 2.24) is 0 Å². The van der Waals surface area contributed by atoms with Gasteiger partial charge in [-0.3, -0.25) is 0 Å². The molecule has 4 heteroatoms. The summed E-state index contributed by atoms with van der Waals surface area (Å²) >= 11 is 1.81. The molecule has 1 atom stereocenters. The van der Waals surface area contributed by atoms with E-state index in [4.69, 9.17) is 0 Å². The number of rotatable bonds is 1. The zero-order chi connectivity index (χ0) is 12.0. The fourth-order valence-corrected chi connectivity index (χ4v) is 4.08. The summed E-state index contributed by atoms with van der Waals surface area (Å²) in [6, 6.07) is 8.18. The summed E-state index contributed by atoms with van der Waals surface area (Å²) in [6.07, 6.45) is 4.79. The van der Waals surface area contributed by atoms with Crippen molar-refractivity contribution < 1.29 is 10.0 Å². The standard InChI is InChI=1S/C13H13BO2S/c1-13-8-4-6-10(14(15)16)12(13)9-5-2-3-7-11(9)17-13/h2-7,15-16H,8H2,1H3. The van der Waals surface area contributed by atoms with E-state index in [1.807, 2.05) is 36.0 Å². The third kappa shape index (κ3) is 1.59. The van der Waals surface area contributed by atoms with Gasteiger partial charge in [0.1, 0.15) is 0 Å². The van der Waals surface area contributed by atoms with Gasteiger partial charge in [-0.25, -0.2) is 0 Å². The number of thioether (sulfide) groups is 1. The van der Waals surface area contributed by atoms with Gasteiger partial charge in [0.2, 0.25) is 0 Å². The fourth-order valence-electron chi connectivity index (χ4n) is 2.65. The molecule has 0 spiro atoms. The van der Waals surface area contributed by atoms with Gasteiger partial charge < -0.3 is 10.0 Å². The van der Waals surface area contributed by atoms with Crippen LogP contribution in [0.1, 0.15) is 18.9 Å². The van der Waals surface area contributed by atoms with Crippen LogP contribution >= 0.6 is 11.8 Å². The minimum absolute atomic E-state index is 0.0581. The summed E-state index contributed by atoms with van der Waals surface area (Å²) in [5.74, 6) is 0. The maximum absolute atomic E-state index is 9.50. The number of fused-ring (bicyclic) bond motifs is 3. The second-order valence-electron chi connectivity index (χ2n) is 4.64. The Morgan fingerprint density at radius 1 is 1.29 bits per heavy atom. The van der Waals surface area contributed by atoms with Gasteiger partial charge in [0.15, 0.2) is 0 Å². The van der Waals surface area contributed by atoms with Crippen molar-refractivity contribution in [2.45, 2.75) is 23.0 Å². The van der Waals surface area contributed by atoms with Gasteiger partial charge in [-0.15, -0.1) is 11.8 Å². The highest BCUT2D eigenvalue weighted by molar-refractivity contribution is 8.01. The highest BCUT2D eigenvalue weighted by Gasteiger charge is 2.42. The molecule has 0 radical (unpaired) electrons. The van der Waals surface area contributed by atoms with Crippen molar-refractivity contribution in [3.8, 4) is 0 Å². The maximum atomic E-state index is 9.50. The highest BCUT2D eigenvalue weighted by atomic mass is 32.2. The Balaban J connectivity index is 2.27. The molecule has 2 nitrogen and oxygen atoms in total. The molecule has 1 aromatic rings. The molecule has 0 bridgehead atoms. The lowest BCUT2D eigenvalue weighted by molar-refractivity contribution is 0.420. The molecular formula is C13H13BO2S. The molecule has 3 rings (SSSR count). The summed E-state index contributed by atoms with van der Waals surface area (Å²) in [5.41, 5.74) is 2.86. The third-order valence-corrected chi connectivity index (χ3v) is 4.79. The Bertz CT molecular complexity index is 536. The van der Waals surface area contributed by atoms with E-state index in [-0.39, 0.29) is 4.75 Å². The van der Waals surface area contributed by atoms with Crippen molar-refractivity contribution >= 4 is 24.5 Å². The molecule has 0 saturated heterocycles. The average molecular weight is 244 g/mol. The summed E-state index contributed by atoms with van der Waals surface area (Å²) in [5, 5.41) is 19.0. The SMILES string of the molecule is CC12CC=CC(B(O)O)=C1c1ccccc1S2. The number of hydrogen-bond donors (Lipinski definition) is 2. The molecule has 1 heterocycles. The second kappa shape index (κ2) is 3.77. The highest BCUT2D eigenvalue weighted by Crippen LogP contribution is 2.57. The van der Waals surface area contributed by atoms with Gasteiger partial charge in [0, 0.05) is 9.64 Å². The molecule has 17 heavy (non-hydrogen) atoms. The fraction of sp³-hybridized carbons (Fsp3) is 0.231. The Morgan fingerprint density at radius 2 is 2.06 bits per heavy atom. The van der Waals surface area contributed by atoms with E-state index in [1.54, 1.807) is 0 Å². The van der Waals surface area contributed by atoms with Crippen molar-refractivity contribution in [3.63, 3.8) is 0 Å². The molecule has 1 aromatic carbocycles. The van der Waals surface area contributed by atoms with E-state index >= 15 is 0 Å². The van der Waals surface area contributed by atoms with Crippen molar-refractivity contribution in [3.05, 3.63) is 47.5 Å². The minimum atomic E-state index is -1.40. The topological polar surface area (TPSA) is 40.5 Å². The molecular weight excluding hydrogens is 231 g/mol. The van der Waals surface area contributed by atoms with Gasteiger partial charge in [-0.05, 0) is 36.0 Å². The van der Waals surface area contributed by atoms with E-state index in [0.717, 1.165) is 17.6 Å². The first-order valence-electron chi connectivity index (χ1n) is 5.67. The normalized spacial score (nSPS) is 25.8. The van der Waals surface area contributed by atoms with Crippen LogP contribution in [0.25, 0.3) is 5.57 Å². The molecule has 2 N–H and O–H groups in total. The van der Waals surface area contributed by atoms with E-state index in [9.17, 15) is 10.0 Å². The predicted molar refractivity (Wildman–Crippen MR) is 71.6 cm³/mol. The first kappa shape index (κ1) is 11.1. The molecule has 0 amide bonds. The van der Waals surface area contributed by atoms with Gasteiger partial charge in [0.05, 0.1) is 0 Å². The van der Waals surface area contributed by atoms with Crippen molar-refractivity contribution in [2.75, 3.05) is 0 Å². The second-order valence-corrected chi connectivity index (χ2v) is 6.18. The lowest BCUT2D eigenvalue weighted by Crippen LogP contribution is -2.26. The van der Waals surface area contributed by atoms with Gasteiger partial charge >= 0.3 is 7.12 Å². The quantitative estimate of drug-likeness (QED) is 0.744. The average Bonchev–Trinajstić information content (AvgIpc) is 2.60. The summed E-state index contributed by atoms with van der Waals surface area (Å²) in [7, 11) is -1.40. The Morgan fingerprint density at radius 3 is 2.82 bits per heavy atom. The van der Waals surface area contributed by atoms with Crippen LogP contribution in [-0.4, -0.2) is 21.9 Å². The van der Waals surface area contributed by atoms with Crippen molar-refractivity contribution in [1.29, 1.82) is 0 Å². The molecule has 1 unspecified atom stereocenters. The van der Waals surface area contributed by atoms with Crippen LogP contribution in [0.15, 0.2) is 46.8 Å². The molecule has 86 valence electrons. The molecule has 0 fully saturated rings. The van der Waals surface area contributed by atoms with E-state index in [2.05, 4.69) is 19.1 Å². The van der Waals surface area contributed by atoms with Crippen LogP contribution in [0.4, 0.5) is 0 Å². The number of hydrogen-bond acceptors (Lipinski definition) is 3. The summed E-state index contributed by atoms with van der Waals surface area (Å²) in [6.45, 7) is 2.17. The van der Waals surface area contributed by atoms with Gasteiger partial charge in [0.25, 0.3) is 0 Å². The van der Waals surface area contributed by atoms with E-state index in [1.165, 1.54) is 4.90 Å². The molecule has 1 aliphatic carbocycles. The zero-order valence-corrected chi connectivity index (χ0v) is 10.4. The maximum Gasteiger partial charge on any atom is 0.488 e. The van der Waals surface area contributed by atoms with Crippen LogP contribution in [0, 0.1) is 0 Å². The smallest absolute Gasteiger partial charge is 0.423 e. The molecule has 2 aliphatic rings. The lowest BCUT2D eigenvalue weighted by atomic mass is 9.69. The molecule has 1 aliphatic heterocycles. The van der Waals surface area contributed by atoms with Crippen LogP contribution < -0.4 is 0 Å². The summed E-state index contributed by atoms with van der Waals surface area (Å²) < 4.78 is -0.0581. The van der Waals surface area contributed by atoms with Gasteiger partial charge in [-0.2, -0.15) is 0 Å². The molecule has 0 aromatic heterocycles. The largest absolute Gasteiger partial charge is 0.488 e.